The summed E-state index contributed by atoms with van der Waals surface area (Å²) in [6.45, 7) is 0. The summed E-state index contributed by atoms with van der Waals surface area (Å²) < 4.78 is 12.8. The molecule has 1 amide bonds. The zero-order valence-electron chi connectivity index (χ0n) is 10.8. The number of halogens is 1. The lowest BCUT2D eigenvalue weighted by Gasteiger charge is -2.37. The van der Waals surface area contributed by atoms with Crippen LogP contribution < -0.4 is 11.1 Å². The predicted molar refractivity (Wildman–Crippen MR) is 69.0 cm³/mol. The molecule has 0 aliphatic heterocycles. The zero-order valence-corrected chi connectivity index (χ0v) is 10.8. The van der Waals surface area contributed by atoms with Crippen LogP contribution in [0.1, 0.15) is 49.0 Å². The van der Waals surface area contributed by atoms with E-state index in [0.717, 1.165) is 44.7 Å². The third-order valence-corrected chi connectivity index (χ3v) is 4.46. The number of nitrogens with zero attached hydrogens (tertiary/aromatic N) is 1. The van der Waals surface area contributed by atoms with Crippen molar-refractivity contribution >= 4 is 5.91 Å². The van der Waals surface area contributed by atoms with Gasteiger partial charge in [-0.25, -0.2) is 9.37 Å². The number of aromatic nitrogens is 1. The fourth-order valence-corrected chi connectivity index (χ4v) is 3.53. The first-order valence-corrected chi connectivity index (χ1v) is 6.73. The van der Waals surface area contributed by atoms with E-state index in [2.05, 4.69) is 10.3 Å². The van der Waals surface area contributed by atoms with Crippen LogP contribution >= 0.6 is 0 Å². The molecule has 2 atom stereocenters. The second-order valence-electron chi connectivity index (χ2n) is 5.99. The van der Waals surface area contributed by atoms with Gasteiger partial charge in [-0.15, -0.1) is 0 Å². The Morgan fingerprint density at radius 2 is 2.16 bits per heavy atom. The van der Waals surface area contributed by atoms with E-state index in [-0.39, 0.29) is 22.7 Å². The minimum atomic E-state index is -0.436. The van der Waals surface area contributed by atoms with Gasteiger partial charge in [-0.3, -0.25) is 4.79 Å². The highest BCUT2D eigenvalue weighted by molar-refractivity contribution is 5.92. The number of hydrogen-bond donors (Lipinski definition) is 2. The highest BCUT2D eigenvalue weighted by atomic mass is 19.1. The number of amides is 1. The van der Waals surface area contributed by atoms with Crippen LogP contribution in [0.3, 0.4) is 0 Å². The van der Waals surface area contributed by atoms with Gasteiger partial charge in [0, 0.05) is 11.1 Å². The van der Waals surface area contributed by atoms with E-state index in [1.165, 1.54) is 12.1 Å². The van der Waals surface area contributed by atoms with Gasteiger partial charge in [-0.05, 0) is 50.7 Å². The van der Waals surface area contributed by atoms with Crippen molar-refractivity contribution in [2.75, 3.05) is 0 Å². The first kappa shape index (κ1) is 12.5. The Morgan fingerprint density at radius 1 is 1.32 bits per heavy atom. The summed E-state index contributed by atoms with van der Waals surface area (Å²) in [4.78, 5) is 16.0. The average Bonchev–Trinajstić information content (AvgIpc) is 2.60. The molecule has 2 aliphatic carbocycles. The van der Waals surface area contributed by atoms with E-state index in [1.807, 2.05) is 0 Å². The molecule has 5 heteroatoms. The number of nitrogens with one attached hydrogen (secondary N) is 1. The Hall–Kier alpha value is -1.49. The lowest BCUT2D eigenvalue weighted by atomic mass is 9.79. The van der Waals surface area contributed by atoms with Gasteiger partial charge in [0.1, 0.15) is 11.5 Å². The van der Waals surface area contributed by atoms with Gasteiger partial charge >= 0.3 is 0 Å². The maximum absolute atomic E-state index is 12.8. The smallest absolute Gasteiger partial charge is 0.270 e. The van der Waals surface area contributed by atoms with E-state index in [9.17, 15) is 9.18 Å². The fourth-order valence-electron chi connectivity index (χ4n) is 3.53. The SMILES string of the molecule is N[C@@]12CCC[C@@](NC(=O)c3ccc(F)cn3)(CC1)C2. The van der Waals surface area contributed by atoms with E-state index >= 15 is 0 Å². The Bertz CT molecular complexity index is 504. The largest absolute Gasteiger partial charge is 0.345 e. The summed E-state index contributed by atoms with van der Waals surface area (Å²) in [6.07, 6.45) is 6.86. The molecule has 0 radical (unpaired) electrons. The third kappa shape index (κ3) is 2.34. The van der Waals surface area contributed by atoms with Gasteiger partial charge in [0.15, 0.2) is 0 Å². The molecule has 0 spiro atoms. The minimum absolute atomic E-state index is 0.109. The summed E-state index contributed by atoms with van der Waals surface area (Å²) in [7, 11) is 0. The second-order valence-corrected chi connectivity index (χ2v) is 5.99. The molecule has 0 aromatic carbocycles. The summed E-state index contributed by atoms with van der Waals surface area (Å²) in [5.41, 5.74) is 6.27. The first-order chi connectivity index (χ1) is 9.00. The number of rotatable bonds is 2. The molecule has 1 heterocycles. The van der Waals surface area contributed by atoms with Crippen molar-refractivity contribution in [1.29, 1.82) is 0 Å². The van der Waals surface area contributed by atoms with Crippen LogP contribution in [0.5, 0.6) is 0 Å². The number of pyridine rings is 1. The van der Waals surface area contributed by atoms with Gasteiger partial charge in [0.25, 0.3) is 5.91 Å². The quantitative estimate of drug-likeness (QED) is 0.854. The molecule has 4 nitrogen and oxygen atoms in total. The van der Waals surface area contributed by atoms with Gasteiger partial charge in [0.2, 0.25) is 0 Å². The number of nitrogens with two attached hydrogens (primary N) is 1. The Labute approximate surface area is 111 Å². The molecular weight excluding hydrogens is 245 g/mol. The number of fused-ring (bicyclic) bond motifs is 2. The van der Waals surface area contributed by atoms with E-state index in [0.29, 0.717) is 0 Å². The van der Waals surface area contributed by atoms with Crippen LogP contribution in [0.2, 0.25) is 0 Å². The van der Waals surface area contributed by atoms with Gasteiger partial charge < -0.3 is 11.1 Å². The minimum Gasteiger partial charge on any atom is -0.345 e. The van der Waals surface area contributed by atoms with E-state index in [1.54, 1.807) is 0 Å². The lowest BCUT2D eigenvalue weighted by molar-refractivity contribution is 0.0871. The van der Waals surface area contributed by atoms with Crippen molar-refractivity contribution in [2.45, 2.75) is 49.6 Å². The van der Waals surface area contributed by atoms with Gasteiger partial charge in [-0.1, -0.05) is 0 Å². The van der Waals surface area contributed by atoms with Crippen LogP contribution in [0, 0.1) is 5.82 Å². The molecule has 1 aromatic rings. The Balaban J connectivity index is 1.74. The highest BCUT2D eigenvalue weighted by Gasteiger charge is 2.49. The highest BCUT2D eigenvalue weighted by Crippen LogP contribution is 2.46. The van der Waals surface area contributed by atoms with Crippen molar-refractivity contribution in [3.8, 4) is 0 Å². The summed E-state index contributed by atoms with van der Waals surface area (Å²) in [5.74, 6) is -0.666. The number of carbonyl (C=O) groups is 1. The molecular formula is C14H18FN3O. The molecule has 0 saturated heterocycles. The predicted octanol–water partition coefficient (Wildman–Crippen LogP) is 1.75. The number of hydrogen-bond acceptors (Lipinski definition) is 3. The van der Waals surface area contributed by atoms with Crippen LogP contribution in [0.15, 0.2) is 18.3 Å². The van der Waals surface area contributed by atoms with Crippen molar-refractivity contribution in [1.82, 2.24) is 10.3 Å². The molecule has 2 bridgehead atoms. The maximum Gasteiger partial charge on any atom is 0.270 e. The van der Waals surface area contributed by atoms with Crippen molar-refractivity contribution in [3.63, 3.8) is 0 Å². The van der Waals surface area contributed by atoms with Gasteiger partial charge in [0.05, 0.1) is 6.20 Å². The molecule has 0 unspecified atom stereocenters. The summed E-state index contributed by atoms with van der Waals surface area (Å²) in [6, 6.07) is 2.66. The topological polar surface area (TPSA) is 68.0 Å². The van der Waals surface area contributed by atoms with Crippen molar-refractivity contribution in [2.24, 2.45) is 5.73 Å². The van der Waals surface area contributed by atoms with Crippen LogP contribution in [0.25, 0.3) is 0 Å². The molecule has 3 rings (SSSR count). The van der Waals surface area contributed by atoms with Crippen LogP contribution in [0.4, 0.5) is 4.39 Å². The molecule has 2 aliphatic rings. The molecule has 2 saturated carbocycles. The monoisotopic (exact) mass is 263 g/mol. The standard InChI is InChI=1S/C14H18FN3O/c15-10-2-3-11(17-8-10)12(19)18-14-5-1-4-13(16,9-14)6-7-14/h2-3,8H,1,4-7,9,16H2,(H,18,19)/t13-,14+/m0/s1. The summed E-state index contributed by atoms with van der Waals surface area (Å²) >= 11 is 0. The Morgan fingerprint density at radius 3 is 2.89 bits per heavy atom. The fraction of sp³-hybridized carbons (Fsp3) is 0.571. The third-order valence-electron chi connectivity index (χ3n) is 4.46. The maximum atomic E-state index is 12.8. The van der Waals surface area contributed by atoms with Crippen LogP contribution in [-0.4, -0.2) is 22.0 Å². The second kappa shape index (κ2) is 4.27. The first-order valence-electron chi connectivity index (χ1n) is 6.73. The zero-order chi connectivity index (χ0) is 13.5. The van der Waals surface area contributed by atoms with Gasteiger partial charge in [-0.2, -0.15) is 0 Å². The van der Waals surface area contributed by atoms with Crippen LogP contribution in [-0.2, 0) is 0 Å². The lowest BCUT2D eigenvalue weighted by Crippen LogP contribution is -2.52. The normalized spacial score (nSPS) is 33.2. The van der Waals surface area contributed by atoms with Crippen molar-refractivity contribution in [3.05, 3.63) is 29.8 Å². The molecule has 102 valence electrons. The molecule has 3 N–H and O–H groups in total. The average molecular weight is 263 g/mol. The van der Waals surface area contributed by atoms with E-state index < -0.39 is 5.82 Å². The summed E-state index contributed by atoms with van der Waals surface area (Å²) in [5, 5.41) is 3.08. The molecule has 19 heavy (non-hydrogen) atoms. The molecule has 1 aromatic heterocycles. The number of carbonyl (C=O) groups excluding carboxylic acids is 1. The Kier molecular flexibility index (Phi) is 2.82. The van der Waals surface area contributed by atoms with Crippen molar-refractivity contribution < 1.29 is 9.18 Å². The van der Waals surface area contributed by atoms with E-state index in [4.69, 9.17) is 5.73 Å². The molecule has 2 fully saturated rings.